The molecule has 2 fully saturated rings. The molecule has 0 bridgehead atoms. The number of alkyl halides is 3. The number of nitrogens with one attached hydrogen (secondary N) is 1. The lowest BCUT2D eigenvalue weighted by molar-refractivity contribution is -0.139. The fourth-order valence-electron chi connectivity index (χ4n) is 5.07. The van der Waals surface area contributed by atoms with E-state index in [4.69, 9.17) is 4.74 Å². The van der Waals surface area contributed by atoms with Gasteiger partial charge in [-0.25, -0.2) is 9.97 Å². The van der Waals surface area contributed by atoms with Crippen LogP contribution >= 0.6 is 0 Å². The van der Waals surface area contributed by atoms with E-state index in [9.17, 15) is 13.2 Å². The van der Waals surface area contributed by atoms with Crippen LogP contribution in [0.25, 0.3) is 21.9 Å². The van der Waals surface area contributed by atoms with Crippen molar-refractivity contribution in [2.75, 3.05) is 19.7 Å². The normalized spacial score (nSPS) is 20.8. The largest absolute Gasteiger partial charge is 0.435 e. The molecule has 2 aromatic heterocycles. The molecule has 1 saturated carbocycles. The highest BCUT2D eigenvalue weighted by Crippen LogP contribution is 2.41. The quantitative estimate of drug-likeness (QED) is 0.634. The number of rotatable bonds is 4. The Morgan fingerprint density at radius 1 is 1.16 bits per heavy atom. The number of aromatic nitrogens is 3. The van der Waals surface area contributed by atoms with Crippen molar-refractivity contribution in [3.05, 3.63) is 35.3 Å². The predicted molar refractivity (Wildman–Crippen MR) is 113 cm³/mol. The Bertz CT molecular complexity index is 1100. The van der Waals surface area contributed by atoms with E-state index in [-0.39, 0.29) is 17.5 Å². The van der Waals surface area contributed by atoms with Crippen molar-refractivity contribution in [2.45, 2.75) is 63.8 Å². The van der Waals surface area contributed by atoms with Gasteiger partial charge in [0.05, 0.1) is 23.7 Å². The number of aryl methyl sites for hydroxylation is 2. The summed E-state index contributed by atoms with van der Waals surface area (Å²) in [6.45, 7) is 4.65. The number of halogens is 3. The van der Waals surface area contributed by atoms with Crippen LogP contribution in [0.1, 0.15) is 55.1 Å². The van der Waals surface area contributed by atoms with Crippen LogP contribution in [-0.2, 0) is 17.5 Å². The van der Waals surface area contributed by atoms with Gasteiger partial charge in [-0.05, 0) is 31.7 Å². The average molecular weight is 432 g/mol. The van der Waals surface area contributed by atoms with Crippen molar-refractivity contribution >= 4 is 21.9 Å². The second-order valence-corrected chi connectivity index (χ2v) is 8.72. The number of hydrogen-bond donors (Lipinski definition) is 1. The van der Waals surface area contributed by atoms with Crippen LogP contribution in [0.4, 0.5) is 13.2 Å². The Balaban J connectivity index is 1.72. The van der Waals surface area contributed by atoms with E-state index in [0.717, 1.165) is 62.0 Å². The van der Waals surface area contributed by atoms with Crippen molar-refractivity contribution in [3.63, 3.8) is 0 Å². The highest BCUT2D eigenvalue weighted by molar-refractivity contribution is 6.04. The van der Waals surface area contributed by atoms with Gasteiger partial charge in [0.15, 0.2) is 5.69 Å². The summed E-state index contributed by atoms with van der Waals surface area (Å²) >= 11 is 0. The first-order valence-electron chi connectivity index (χ1n) is 11.1. The topological polar surface area (TPSA) is 52.0 Å². The first-order valence-corrected chi connectivity index (χ1v) is 11.1. The standard InChI is InChI=1S/C23H27F3N4O/c1-14-5-4-8-17-18(14)28-21(23(24,25)26)19-20(17)30(11-9-16-13-27-10-12-31-16)22(29-19)15-6-2-3-7-15/h4-5,8,15-16,27H,2-3,6-7,9-13H2,1H3. The molecule has 5 nitrogen and oxygen atoms in total. The van der Waals surface area contributed by atoms with Gasteiger partial charge in [-0.15, -0.1) is 0 Å². The molecule has 0 amide bonds. The van der Waals surface area contributed by atoms with Crippen molar-refractivity contribution in [2.24, 2.45) is 0 Å². The van der Waals surface area contributed by atoms with Gasteiger partial charge in [0.2, 0.25) is 0 Å². The molecule has 1 aromatic carbocycles. The minimum absolute atomic E-state index is 0.0183. The molecule has 1 N–H and O–H groups in total. The average Bonchev–Trinajstić information content (AvgIpc) is 3.40. The molecule has 0 radical (unpaired) electrons. The van der Waals surface area contributed by atoms with Crippen LogP contribution in [0, 0.1) is 6.92 Å². The smallest absolute Gasteiger partial charge is 0.376 e. The van der Waals surface area contributed by atoms with Crippen LogP contribution in [0.5, 0.6) is 0 Å². The Morgan fingerprint density at radius 2 is 1.97 bits per heavy atom. The third kappa shape index (κ3) is 3.80. The van der Waals surface area contributed by atoms with Crippen molar-refractivity contribution < 1.29 is 17.9 Å². The second kappa shape index (κ2) is 8.06. The maximum absolute atomic E-state index is 14.0. The maximum Gasteiger partial charge on any atom is 0.435 e. The number of nitrogens with zero attached hydrogens (tertiary/aromatic N) is 3. The summed E-state index contributed by atoms with van der Waals surface area (Å²) in [4.78, 5) is 8.70. The van der Waals surface area contributed by atoms with Gasteiger partial charge in [0.1, 0.15) is 11.3 Å². The second-order valence-electron chi connectivity index (χ2n) is 8.72. The van der Waals surface area contributed by atoms with E-state index >= 15 is 0 Å². The summed E-state index contributed by atoms with van der Waals surface area (Å²) in [5.41, 5.74) is 0.802. The van der Waals surface area contributed by atoms with Crippen molar-refractivity contribution in [1.29, 1.82) is 0 Å². The predicted octanol–water partition coefficient (Wildman–Crippen LogP) is 4.95. The van der Waals surface area contributed by atoms with E-state index in [0.29, 0.717) is 24.2 Å². The van der Waals surface area contributed by atoms with E-state index in [1.54, 1.807) is 13.0 Å². The zero-order valence-corrected chi connectivity index (χ0v) is 17.6. The lowest BCUT2D eigenvalue weighted by Crippen LogP contribution is -2.39. The third-order valence-electron chi connectivity index (χ3n) is 6.61. The molecule has 3 aromatic rings. The summed E-state index contributed by atoms with van der Waals surface area (Å²) in [5.74, 6) is 0.969. The van der Waals surface area contributed by atoms with Crippen LogP contribution in [0.3, 0.4) is 0 Å². The first-order chi connectivity index (χ1) is 14.9. The molecule has 0 spiro atoms. The summed E-state index contributed by atoms with van der Waals surface area (Å²) in [5, 5.41) is 4.07. The number of imidazole rings is 1. The van der Waals surface area contributed by atoms with Crippen LogP contribution < -0.4 is 5.32 Å². The number of ether oxygens (including phenoxy) is 1. The SMILES string of the molecule is Cc1cccc2c1nc(C(F)(F)F)c1nc(C3CCCC3)n(CCC3CNCCO3)c12. The number of para-hydroxylation sites is 1. The summed E-state index contributed by atoms with van der Waals surface area (Å²) in [6.07, 6.45) is 0.348. The summed E-state index contributed by atoms with van der Waals surface area (Å²) in [6, 6.07) is 5.56. The van der Waals surface area contributed by atoms with Crippen molar-refractivity contribution in [1.82, 2.24) is 19.9 Å². The van der Waals surface area contributed by atoms with Gasteiger partial charge in [0, 0.05) is 30.9 Å². The number of benzene rings is 1. The van der Waals surface area contributed by atoms with E-state index in [1.165, 1.54) is 0 Å². The molecule has 1 atom stereocenters. The zero-order chi connectivity index (χ0) is 21.6. The van der Waals surface area contributed by atoms with E-state index in [2.05, 4.69) is 15.3 Å². The van der Waals surface area contributed by atoms with E-state index < -0.39 is 11.9 Å². The summed E-state index contributed by atoms with van der Waals surface area (Å²) in [7, 11) is 0. The van der Waals surface area contributed by atoms with Gasteiger partial charge in [-0.3, -0.25) is 0 Å². The monoisotopic (exact) mass is 432 g/mol. The molecule has 166 valence electrons. The molecule has 31 heavy (non-hydrogen) atoms. The zero-order valence-electron chi connectivity index (χ0n) is 17.6. The highest BCUT2D eigenvalue weighted by Gasteiger charge is 2.38. The minimum Gasteiger partial charge on any atom is -0.376 e. The Hall–Kier alpha value is -2.19. The van der Waals surface area contributed by atoms with Crippen LogP contribution in [-0.4, -0.2) is 40.3 Å². The maximum atomic E-state index is 14.0. The molecule has 1 saturated heterocycles. The fourth-order valence-corrected chi connectivity index (χ4v) is 5.07. The Labute approximate surface area is 179 Å². The molecule has 5 rings (SSSR count). The fraction of sp³-hybridized carbons (Fsp3) is 0.565. The molecule has 3 heterocycles. The molecular formula is C23H27F3N4O. The number of fused-ring (bicyclic) bond motifs is 3. The first kappa shape index (κ1) is 20.7. The number of pyridine rings is 1. The van der Waals surface area contributed by atoms with Crippen LogP contribution in [0.15, 0.2) is 18.2 Å². The Morgan fingerprint density at radius 3 is 2.68 bits per heavy atom. The van der Waals surface area contributed by atoms with Gasteiger partial charge in [0.25, 0.3) is 0 Å². The molecule has 2 aliphatic rings. The van der Waals surface area contributed by atoms with Gasteiger partial charge < -0.3 is 14.6 Å². The molecule has 1 aliphatic heterocycles. The molecule has 8 heteroatoms. The Kier molecular flexibility index (Phi) is 5.38. The van der Waals surface area contributed by atoms with Gasteiger partial charge in [-0.2, -0.15) is 13.2 Å². The number of hydrogen-bond acceptors (Lipinski definition) is 4. The van der Waals surface area contributed by atoms with Crippen LogP contribution in [0.2, 0.25) is 0 Å². The highest BCUT2D eigenvalue weighted by atomic mass is 19.4. The number of morpholine rings is 1. The minimum atomic E-state index is -4.56. The van der Waals surface area contributed by atoms with Gasteiger partial charge in [-0.1, -0.05) is 31.0 Å². The van der Waals surface area contributed by atoms with Gasteiger partial charge >= 0.3 is 6.18 Å². The molecular weight excluding hydrogens is 405 g/mol. The van der Waals surface area contributed by atoms with E-state index in [1.807, 2.05) is 16.7 Å². The van der Waals surface area contributed by atoms with Crippen molar-refractivity contribution in [3.8, 4) is 0 Å². The lowest BCUT2D eigenvalue weighted by atomic mass is 10.1. The molecule has 1 unspecified atom stereocenters. The summed E-state index contributed by atoms with van der Waals surface area (Å²) < 4.78 is 50.0. The lowest BCUT2D eigenvalue weighted by Gasteiger charge is -2.24. The third-order valence-corrected chi connectivity index (χ3v) is 6.61. The molecule has 1 aliphatic carbocycles.